The van der Waals surface area contributed by atoms with Crippen LogP contribution in [-0.4, -0.2) is 30.9 Å². The van der Waals surface area contributed by atoms with E-state index in [1.165, 1.54) is 0 Å². The molecule has 1 atom stereocenters. The number of thioether (sulfide) groups is 1. The molecule has 1 aromatic carbocycles. The molecule has 0 aliphatic carbocycles. The van der Waals surface area contributed by atoms with Crippen LogP contribution in [-0.2, 0) is 0 Å². The summed E-state index contributed by atoms with van der Waals surface area (Å²) in [6.45, 7) is 2.18. The largest absolute Gasteiger partial charge is 0.384 e. The Morgan fingerprint density at radius 3 is 2.72 bits per heavy atom. The summed E-state index contributed by atoms with van der Waals surface area (Å²) in [6.07, 6.45) is 3.19. The van der Waals surface area contributed by atoms with Gasteiger partial charge in [-0.15, -0.1) is 0 Å². The molecule has 0 aliphatic rings. The standard InChI is InChI=1S/C13H20BrN3S/c1-4-9(8-18-3)17(2)11-7-5-6-10(14)12(11)13(15)16/h5-7,9H,4,8H2,1-3H3,(H3,15,16). The van der Waals surface area contributed by atoms with Gasteiger partial charge in [-0.25, -0.2) is 0 Å². The zero-order valence-corrected chi connectivity index (χ0v) is 13.4. The lowest BCUT2D eigenvalue weighted by Gasteiger charge is -2.30. The molecular formula is C13H20BrN3S. The molecule has 0 radical (unpaired) electrons. The summed E-state index contributed by atoms with van der Waals surface area (Å²) in [6, 6.07) is 6.37. The lowest BCUT2D eigenvalue weighted by molar-refractivity contribution is 0.672. The highest BCUT2D eigenvalue weighted by Gasteiger charge is 2.18. The molecule has 0 spiro atoms. The molecule has 0 saturated heterocycles. The molecule has 3 nitrogen and oxygen atoms in total. The second-order valence-corrected chi connectivity index (χ2v) is 5.94. The van der Waals surface area contributed by atoms with Gasteiger partial charge in [0.15, 0.2) is 0 Å². The fraction of sp³-hybridized carbons (Fsp3) is 0.462. The second-order valence-electron chi connectivity index (χ2n) is 4.18. The Hall–Kier alpha value is -0.680. The monoisotopic (exact) mass is 329 g/mol. The number of hydrogen-bond donors (Lipinski definition) is 2. The summed E-state index contributed by atoms with van der Waals surface area (Å²) in [5.41, 5.74) is 7.48. The fourth-order valence-electron chi connectivity index (χ4n) is 1.97. The van der Waals surface area contributed by atoms with E-state index >= 15 is 0 Å². The average Bonchev–Trinajstić information content (AvgIpc) is 2.34. The molecule has 1 unspecified atom stereocenters. The molecule has 1 rings (SSSR count). The Morgan fingerprint density at radius 1 is 1.56 bits per heavy atom. The molecule has 0 saturated carbocycles. The number of nitrogens with two attached hydrogens (primary N) is 1. The minimum Gasteiger partial charge on any atom is -0.384 e. The number of halogens is 1. The molecule has 0 bridgehead atoms. The van der Waals surface area contributed by atoms with Gasteiger partial charge < -0.3 is 10.6 Å². The maximum atomic E-state index is 7.73. The van der Waals surface area contributed by atoms with E-state index < -0.39 is 0 Å². The van der Waals surface area contributed by atoms with Crippen molar-refractivity contribution in [2.75, 3.05) is 24.0 Å². The highest BCUT2D eigenvalue weighted by molar-refractivity contribution is 9.10. The molecule has 0 amide bonds. The van der Waals surface area contributed by atoms with Crippen LogP contribution in [0, 0.1) is 5.41 Å². The van der Waals surface area contributed by atoms with Gasteiger partial charge >= 0.3 is 0 Å². The van der Waals surface area contributed by atoms with Gasteiger partial charge in [0.05, 0.1) is 5.56 Å². The Kier molecular flexibility index (Phi) is 6.02. The van der Waals surface area contributed by atoms with Crippen LogP contribution in [0.25, 0.3) is 0 Å². The lowest BCUT2D eigenvalue weighted by Crippen LogP contribution is -2.34. The molecule has 100 valence electrons. The van der Waals surface area contributed by atoms with Gasteiger partial charge in [-0.05, 0) is 40.7 Å². The summed E-state index contributed by atoms with van der Waals surface area (Å²) in [7, 11) is 2.07. The van der Waals surface area contributed by atoms with Gasteiger partial charge in [0.1, 0.15) is 5.84 Å². The minimum atomic E-state index is 0.100. The number of hydrogen-bond acceptors (Lipinski definition) is 3. The zero-order valence-electron chi connectivity index (χ0n) is 11.0. The van der Waals surface area contributed by atoms with E-state index in [-0.39, 0.29) is 5.84 Å². The van der Waals surface area contributed by atoms with E-state index in [2.05, 4.69) is 41.1 Å². The molecule has 0 aliphatic heterocycles. The van der Waals surface area contributed by atoms with E-state index in [1.807, 2.05) is 30.0 Å². The third-order valence-corrected chi connectivity index (χ3v) is 4.40. The normalized spacial score (nSPS) is 12.2. The van der Waals surface area contributed by atoms with Gasteiger partial charge in [0.25, 0.3) is 0 Å². The molecular weight excluding hydrogens is 310 g/mol. The molecule has 3 N–H and O–H groups in total. The molecule has 5 heteroatoms. The number of amidine groups is 1. The van der Waals surface area contributed by atoms with Crippen LogP contribution in [0.5, 0.6) is 0 Å². The Labute approximate surface area is 122 Å². The maximum Gasteiger partial charge on any atom is 0.126 e. The first-order valence-corrected chi connectivity index (χ1v) is 8.06. The van der Waals surface area contributed by atoms with Gasteiger partial charge in [0.2, 0.25) is 0 Å². The fourth-order valence-corrected chi connectivity index (χ4v) is 3.38. The number of nitrogens with one attached hydrogen (secondary N) is 1. The first-order chi connectivity index (χ1) is 8.52. The summed E-state index contributed by atoms with van der Waals surface area (Å²) < 4.78 is 0.873. The third kappa shape index (κ3) is 3.42. The summed E-state index contributed by atoms with van der Waals surface area (Å²) in [4.78, 5) is 2.22. The van der Waals surface area contributed by atoms with Crippen molar-refractivity contribution in [3.8, 4) is 0 Å². The van der Waals surface area contributed by atoms with E-state index in [1.54, 1.807) is 0 Å². The molecule has 1 aromatic rings. The Balaban J connectivity index is 3.15. The molecule has 0 heterocycles. The number of nitrogens with zero attached hydrogens (tertiary/aromatic N) is 1. The van der Waals surface area contributed by atoms with Crippen molar-refractivity contribution in [1.82, 2.24) is 0 Å². The summed E-state index contributed by atoms with van der Waals surface area (Å²) >= 11 is 5.31. The lowest BCUT2D eigenvalue weighted by atomic mass is 10.1. The minimum absolute atomic E-state index is 0.100. The van der Waals surface area contributed by atoms with Crippen molar-refractivity contribution < 1.29 is 0 Å². The number of rotatable bonds is 6. The molecule has 0 fully saturated rings. The van der Waals surface area contributed by atoms with Crippen molar-refractivity contribution in [1.29, 1.82) is 5.41 Å². The zero-order chi connectivity index (χ0) is 13.7. The van der Waals surface area contributed by atoms with Crippen LogP contribution in [0.15, 0.2) is 22.7 Å². The van der Waals surface area contributed by atoms with Gasteiger partial charge in [-0.2, -0.15) is 11.8 Å². The van der Waals surface area contributed by atoms with Crippen LogP contribution in [0.1, 0.15) is 18.9 Å². The number of benzene rings is 1. The van der Waals surface area contributed by atoms with Crippen LogP contribution < -0.4 is 10.6 Å². The van der Waals surface area contributed by atoms with Crippen LogP contribution >= 0.6 is 27.7 Å². The topological polar surface area (TPSA) is 53.1 Å². The first-order valence-electron chi connectivity index (χ1n) is 5.87. The summed E-state index contributed by atoms with van der Waals surface area (Å²) in [5.74, 6) is 1.17. The average molecular weight is 330 g/mol. The highest BCUT2D eigenvalue weighted by atomic mass is 79.9. The SMILES string of the molecule is CCC(CSC)N(C)c1cccc(Br)c1C(=N)N. The highest BCUT2D eigenvalue weighted by Crippen LogP contribution is 2.29. The second kappa shape index (κ2) is 7.04. The van der Waals surface area contributed by atoms with E-state index in [0.717, 1.165) is 27.9 Å². The van der Waals surface area contributed by atoms with Crippen LogP contribution in [0.2, 0.25) is 0 Å². The number of anilines is 1. The van der Waals surface area contributed by atoms with Crippen molar-refractivity contribution in [2.24, 2.45) is 5.73 Å². The van der Waals surface area contributed by atoms with Crippen molar-refractivity contribution in [2.45, 2.75) is 19.4 Å². The predicted octanol–water partition coefficient (Wildman–Crippen LogP) is 3.31. The predicted molar refractivity (Wildman–Crippen MR) is 86.0 cm³/mol. The Morgan fingerprint density at radius 2 is 2.22 bits per heavy atom. The van der Waals surface area contributed by atoms with E-state index in [4.69, 9.17) is 11.1 Å². The van der Waals surface area contributed by atoms with Gasteiger partial charge in [0, 0.05) is 29.0 Å². The van der Waals surface area contributed by atoms with Crippen LogP contribution in [0.3, 0.4) is 0 Å². The summed E-state index contributed by atoms with van der Waals surface area (Å²) in [5, 5.41) is 7.73. The third-order valence-electron chi connectivity index (χ3n) is 3.02. The van der Waals surface area contributed by atoms with Crippen molar-refractivity contribution in [3.63, 3.8) is 0 Å². The maximum absolute atomic E-state index is 7.73. The number of nitrogen functional groups attached to an aromatic ring is 1. The van der Waals surface area contributed by atoms with Crippen molar-refractivity contribution in [3.05, 3.63) is 28.2 Å². The van der Waals surface area contributed by atoms with E-state index in [9.17, 15) is 0 Å². The van der Waals surface area contributed by atoms with Crippen LogP contribution in [0.4, 0.5) is 5.69 Å². The smallest absolute Gasteiger partial charge is 0.126 e. The van der Waals surface area contributed by atoms with Crippen molar-refractivity contribution >= 4 is 39.2 Å². The first kappa shape index (κ1) is 15.4. The molecule has 0 aromatic heterocycles. The van der Waals surface area contributed by atoms with Gasteiger partial charge in [-0.1, -0.05) is 13.0 Å². The van der Waals surface area contributed by atoms with E-state index in [0.29, 0.717) is 6.04 Å². The van der Waals surface area contributed by atoms with Gasteiger partial charge in [-0.3, -0.25) is 5.41 Å². The Bertz CT molecular complexity index is 423. The molecule has 18 heavy (non-hydrogen) atoms. The quantitative estimate of drug-likeness (QED) is 0.621.